The number of aliphatic hydroxyl groups excluding tert-OH is 1. The predicted molar refractivity (Wildman–Crippen MR) is 72.6 cm³/mol. The summed E-state index contributed by atoms with van der Waals surface area (Å²) in [5, 5.41) is 11.3. The van der Waals surface area contributed by atoms with Crippen molar-refractivity contribution < 1.29 is 19.4 Å². The van der Waals surface area contributed by atoms with E-state index in [9.17, 15) is 4.79 Å². The number of rotatable bonds is 8. The summed E-state index contributed by atoms with van der Waals surface area (Å²) < 4.78 is 10.3. The van der Waals surface area contributed by atoms with Gasteiger partial charge in [0.1, 0.15) is 5.75 Å². The lowest BCUT2D eigenvalue weighted by molar-refractivity contribution is 0.0867. The van der Waals surface area contributed by atoms with E-state index in [0.29, 0.717) is 31.1 Å². The largest absolute Gasteiger partial charge is 0.496 e. The van der Waals surface area contributed by atoms with E-state index < -0.39 is 0 Å². The molecule has 5 nitrogen and oxygen atoms in total. The molecular weight excluding hydrogens is 246 g/mol. The van der Waals surface area contributed by atoms with Gasteiger partial charge in [-0.15, -0.1) is 0 Å². The van der Waals surface area contributed by atoms with Crippen molar-refractivity contribution in [2.75, 3.05) is 33.5 Å². The summed E-state index contributed by atoms with van der Waals surface area (Å²) in [5.41, 5.74) is 1.58. The van der Waals surface area contributed by atoms with Crippen LogP contribution in [-0.4, -0.2) is 44.5 Å². The van der Waals surface area contributed by atoms with Crippen LogP contribution in [0.1, 0.15) is 22.3 Å². The van der Waals surface area contributed by atoms with Crippen molar-refractivity contribution in [1.82, 2.24) is 5.32 Å². The van der Waals surface area contributed by atoms with Crippen LogP contribution in [0.4, 0.5) is 0 Å². The molecule has 19 heavy (non-hydrogen) atoms. The minimum Gasteiger partial charge on any atom is -0.496 e. The van der Waals surface area contributed by atoms with Gasteiger partial charge in [-0.25, -0.2) is 0 Å². The summed E-state index contributed by atoms with van der Waals surface area (Å²) in [6.45, 7) is 3.36. The lowest BCUT2D eigenvalue weighted by atomic mass is 10.1. The van der Waals surface area contributed by atoms with Gasteiger partial charge >= 0.3 is 0 Å². The van der Waals surface area contributed by atoms with Gasteiger partial charge in [0, 0.05) is 18.7 Å². The van der Waals surface area contributed by atoms with Crippen LogP contribution >= 0.6 is 0 Å². The first-order chi connectivity index (χ1) is 9.19. The quantitative estimate of drug-likeness (QED) is 0.693. The summed E-state index contributed by atoms with van der Waals surface area (Å²) in [4.78, 5) is 11.9. The summed E-state index contributed by atoms with van der Waals surface area (Å²) >= 11 is 0. The highest BCUT2D eigenvalue weighted by Crippen LogP contribution is 2.18. The van der Waals surface area contributed by atoms with E-state index in [0.717, 1.165) is 12.0 Å². The Morgan fingerprint density at radius 2 is 2.16 bits per heavy atom. The number of carbonyl (C=O) groups excluding carboxylic acids is 1. The number of hydrogen-bond acceptors (Lipinski definition) is 4. The van der Waals surface area contributed by atoms with Gasteiger partial charge in [-0.05, 0) is 31.0 Å². The van der Waals surface area contributed by atoms with Gasteiger partial charge in [-0.3, -0.25) is 4.79 Å². The molecule has 0 saturated heterocycles. The van der Waals surface area contributed by atoms with E-state index in [2.05, 4.69) is 5.32 Å². The van der Waals surface area contributed by atoms with E-state index in [1.807, 2.05) is 13.0 Å². The van der Waals surface area contributed by atoms with Crippen LogP contribution < -0.4 is 10.1 Å². The summed E-state index contributed by atoms with van der Waals surface area (Å²) in [6.07, 6.45) is 0.717. The van der Waals surface area contributed by atoms with Crippen LogP contribution in [0.5, 0.6) is 5.75 Å². The Bertz CT molecular complexity index is 406. The lowest BCUT2D eigenvalue weighted by Gasteiger charge is -2.08. The molecule has 0 saturated carbocycles. The van der Waals surface area contributed by atoms with Crippen molar-refractivity contribution in [1.29, 1.82) is 0 Å². The number of nitrogens with one attached hydrogen (secondary N) is 1. The molecule has 2 N–H and O–H groups in total. The van der Waals surface area contributed by atoms with Gasteiger partial charge < -0.3 is 19.9 Å². The van der Waals surface area contributed by atoms with Crippen molar-refractivity contribution >= 4 is 5.91 Å². The van der Waals surface area contributed by atoms with Crippen LogP contribution in [0, 0.1) is 6.92 Å². The van der Waals surface area contributed by atoms with Crippen molar-refractivity contribution in [2.24, 2.45) is 0 Å². The Hall–Kier alpha value is -1.59. The first-order valence-electron chi connectivity index (χ1n) is 6.30. The number of aryl methyl sites for hydroxylation is 1. The van der Waals surface area contributed by atoms with Crippen molar-refractivity contribution in [3.63, 3.8) is 0 Å². The highest BCUT2D eigenvalue weighted by molar-refractivity contribution is 5.94. The van der Waals surface area contributed by atoms with Crippen molar-refractivity contribution in [2.45, 2.75) is 13.3 Å². The molecule has 1 aromatic rings. The molecule has 5 heteroatoms. The molecule has 0 radical (unpaired) electrons. The molecule has 0 aliphatic carbocycles. The van der Waals surface area contributed by atoms with Crippen LogP contribution in [0.15, 0.2) is 18.2 Å². The third-order valence-corrected chi connectivity index (χ3v) is 2.66. The minimum atomic E-state index is -0.125. The third kappa shape index (κ3) is 5.28. The molecule has 0 heterocycles. The number of carbonyl (C=O) groups is 1. The highest BCUT2D eigenvalue weighted by Gasteiger charge is 2.07. The van der Waals surface area contributed by atoms with E-state index >= 15 is 0 Å². The number of hydrogen-bond donors (Lipinski definition) is 2. The Kier molecular flexibility index (Phi) is 6.92. The fourth-order valence-corrected chi connectivity index (χ4v) is 1.61. The number of amides is 1. The molecule has 0 spiro atoms. The number of ether oxygens (including phenoxy) is 2. The smallest absolute Gasteiger partial charge is 0.251 e. The van der Waals surface area contributed by atoms with Gasteiger partial charge in [0.05, 0.1) is 20.3 Å². The molecule has 0 bridgehead atoms. The molecule has 1 rings (SSSR count). The maximum atomic E-state index is 11.9. The van der Waals surface area contributed by atoms with Gasteiger partial charge in [-0.2, -0.15) is 0 Å². The highest BCUT2D eigenvalue weighted by atomic mass is 16.5. The fourth-order valence-electron chi connectivity index (χ4n) is 1.61. The number of methoxy groups -OCH3 is 1. The summed E-state index contributed by atoms with van der Waals surface area (Å²) in [7, 11) is 1.59. The molecular formula is C14H21NO4. The van der Waals surface area contributed by atoms with Gasteiger partial charge in [0.25, 0.3) is 5.91 Å². The second-order valence-corrected chi connectivity index (χ2v) is 4.13. The Balaban J connectivity index is 2.37. The first-order valence-corrected chi connectivity index (χ1v) is 6.30. The van der Waals surface area contributed by atoms with E-state index in [4.69, 9.17) is 14.6 Å². The fraction of sp³-hybridized carbons (Fsp3) is 0.500. The van der Waals surface area contributed by atoms with Gasteiger partial charge in [0.2, 0.25) is 0 Å². The van der Waals surface area contributed by atoms with Crippen LogP contribution in [0.2, 0.25) is 0 Å². The molecule has 0 unspecified atom stereocenters. The van der Waals surface area contributed by atoms with Gasteiger partial charge in [0.15, 0.2) is 0 Å². The first kappa shape index (κ1) is 15.5. The zero-order valence-corrected chi connectivity index (χ0v) is 11.4. The van der Waals surface area contributed by atoms with Crippen LogP contribution in [-0.2, 0) is 4.74 Å². The Morgan fingerprint density at radius 3 is 2.84 bits per heavy atom. The Morgan fingerprint density at radius 1 is 1.37 bits per heavy atom. The standard InChI is InChI=1S/C14H21NO4/c1-11-4-5-12(10-13(11)18-2)14(17)15-6-3-8-19-9-7-16/h4-5,10,16H,3,6-9H2,1-2H3,(H,15,17). The third-order valence-electron chi connectivity index (χ3n) is 2.66. The van der Waals surface area contributed by atoms with Crippen LogP contribution in [0.3, 0.4) is 0 Å². The zero-order chi connectivity index (χ0) is 14.1. The maximum absolute atomic E-state index is 11.9. The molecule has 0 aliphatic rings. The monoisotopic (exact) mass is 267 g/mol. The zero-order valence-electron chi connectivity index (χ0n) is 11.4. The summed E-state index contributed by atoms with van der Waals surface area (Å²) in [5.74, 6) is 0.583. The van der Waals surface area contributed by atoms with Crippen molar-refractivity contribution in [3.05, 3.63) is 29.3 Å². The summed E-state index contributed by atoms with van der Waals surface area (Å²) in [6, 6.07) is 5.36. The maximum Gasteiger partial charge on any atom is 0.251 e. The molecule has 0 aliphatic heterocycles. The van der Waals surface area contributed by atoms with E-state index in [1.165, 1.54) is 0 Å². The lowest BCUT2D eigenvalue weighted by Crippen LogP contribution is -2.25. The molecule has 0 fully saturated rings. The number of aliphatic hydroxyl groups is 1. The van der Waals surface area contributed by atoms with Crippen LogP contribution in [0.25, 0.3) is 0 Å². The van der Waals surface area contributed by atoms with Crippen molar-refractivity contribution in [3.8, 4) is 5.75 Å². The molecule has 1 amide bonds. The van der Waals surface area contributed by atoms with Gasteiger partial charge in [-0.1, -0.05) is 6.07 Å². The molecule has 106 valence electrons. The topological polar surface area (TPSA) is 67.8 Å². The Labute approximate surface area is 113 Å². The molecule has 0 atom stereocenters. The normalized spacial score (nSPS) is 10.3. The van der Waals surface area contributed by atoms with E-state index in [1.54, 1.807) is 19.2 Å². The SMILES string of the molecule is COc1cc(C(=O)NCCCOCCO)ccc1C. The minimum absolute atomic E-state index is 0.0233. The second-order valence-electron chi connectivity index (χ2n) is 4.13. The average Bonchev–Trinajstić information content (AvgIpc) is 2.43. The second kappa shape index (κ2) is 8.50. The number of benzene rings is 1. The van der Waals surface area contributed by atoms with E-state index in [-0.39, 0.29) is 12.5 Å². The predicted octanol–water partition coefficient (Wildman–Crippen LogP) is 1.13. The molecule has 1 aromatic carbocycles. The molecule has 0 aromatic heterocycles. The average molecular weight is 267 g/mol.